The third-order valence-electron chi connectivity index (χ3n) is 2.64. The van der Waals surface area contributed by atoms with E-state index in [2.05, 4.69) is 0 Å². The lowest BCUT2D eigenvalue weighted by Gasteiger charge is -2.15. The molecule has 1 aliphatic heterocycles. The Morgan fingerprint density at radius 1 is 1.47 bits per heavy atom. The predicted molar refractivity (Wildman–Crippen MR) is 65.3 cm³/mol. The molecule has 0 aromatic heterocycles. The number of nitrogens with one attached hydrogen (secondary N) is 1. The Labute approximate surface area is 110 Å². The van der Waals surface area contributed by atoms with E-state index in [0.29, 0.717) is 11.5 Å². The van der Waals surface area contributed by atoms with Crippen LogP contribution >= 0.6 is 0 Å². The second-order valence-electron chi connectivity index (χ2n) is 3.95. The molecule has 1 atom stereocenters. The smallest absolute Gasteiger partial charge is 0.265 e. The van der Waals surface area contributed by atoms with E-state index in [4.69, 9.17) is 24.8 Å². The molecule has 1 aromatic rings. The van der Waals surface area contributed by atoms with Gasteiger partial charge in [-0.05, 0) is 17.7 Å². The summed E-state index contributed by atoms with van der Waals surface area (Å²) < 4.78 is 20.8. The van der Waals surface area contributed by atoms with Gasteiger partial charge in [0, 0.05) is 7.11 Å². The minimum Gasteiger partial charge on any atom is -0.454 e. The number of methoxy groups -OCH3 is 1. The normalized spacial score (nSPS) is 14.2. The summed E-state index contributed by atoms with van der Waals surface area (Å²) in [6.45, 7) is 0.604. The number of amides is 1. The summed E-state index contributed by atoms with van der Waals surface area (Å²) >= 11 is 0. The number of ether oxygens (including phenoxy) is 4. The molecule has 7 heteroatoms. The van der Waals surface area contributed by atoms with Gasteiger partial charge in [0.25, 0.3) is 5.91 Å². The SMILES string of the molecule is COCC(OCc1ccc2c(c1)OCO2)C(=O)NN. The van der Waals surface area contributed by atoms with Gasteiger partial charge in [0.2, 0.25) is 6.79 Å². The summed E-state index contributed by atoms with van der Waals surface area (Å²) in [4.78, 5) is 11.4. The van der Waals surface area contributed by atoms with Crippen LogP contribution in [0.3, 0.4) is 0 Å². The second-order valence-corrected chi connectivity index (χ2v) is 3.95. The molecule has 0 fully saturated rings. The number of benzene rings is 1. The zero-order valence-electron chi connectivity index (χ0n) is 10.5. The fraction of sp³-hybridized carbons (Fsp3) is 0.417. The molecule has 0 bridgehead atoms. The van der Waals surface area contributed by atoms with Crippen molar-refractivity contribution < 1.29 is 23.7 Å². The Balaban J connectivity index is 1.95. The highest BCUT2D eigenvalue weighted by molar-refractivity contribution is 5.80. The molecule has 1 heterocycles. The van der Waals surface area contributed by atoms with E-state index in [-0.39, 0.29) is 20.0 Å². The molecule has 0 aliphatic carbocycles. The fourth-order valence-corrected chi connectivity index (χ4v) is 1.67. The lowest BCUT2D eigenvalue weighted by molar-refractivity contribution is -0.137. The Hall–Kier alpha value is -1.83. The Morgan fingerprint density at radius 2 is 2.26 bits per heavy atom. The van der Waals surface area contributed by atoms with Gasteiger partial charge in [-0.2, -0.15) is 0 Å². The van der Waals surface area contributed by atoms with E-state index in [1.165, 1.54) is 7.11 Å². The topological polar surface area (TPSA) is 92.0 Å². The molecule has 0 spiro atoms. The number of fused-ring (bicyclic) bond motifs is 1. The fourth-order valence-electron chi connectivity index (χ4n) is 1.67. The van der Waals surface area contributed by atoms with E-state index >= 15 is 0 Å². The van der Waals surface area contributed by atoms with Gasteiger partial charge in [-0.25, -0.2) is 5.84 Å². The molecule has 7 nitrogen and oxygen atoms in total. The second kappa shape index (κ2) is 6.37. The van der Waals surface area contributed by atoms with E-state index in [9.17, 15) is 4.79 Å². The maximum absolute atomic E-state index is 11.4. The average molecular weight is 268 g/mol. The zero-order chi connectivity index (χ0) is 13.7. The summed E-state index contributed by atoms with van der Waals surface area (Å²) in [7, 11) is 1.49. The molecule has 3 N–H and O–H groups in total. The van der Waals surface area contributed by atoms with Crippen molar-refractivity contribution in [1.29, 1.82) is 0 Å². The van der Waals surface area contributed by atoms with Gasteiger partial charge in [0.15, 0.2) is 17.6 Å². The van der Waals surface area contributed by atoms with Gasteiger partial charge < -0.3 is 18.9 Å². The van der Waals surface area contributed by atoms with Crippen LogP contribution < -0.4 is 20.7 Å². The van der Waals surface area contributed by atoms with Crippen molar-refractivity contribution >= 4 is 5.91 Å². The van der Waals surface area contributed by atoms with E-state index in [0.717, 1.165) is 5.56 Å². The lowest BCUT2D eigenvalue weighted by Crippen LogP contribution is -2.42. The van der Waals surface area contributed by atoms with Crippen LogP contribution in [0.4, 0.5) is 0 Å². The van der Waals surface area contributed by atoms with Crippen LogP contribution in [-0.4, -0.2) is 32.5 Å². The zero-order valence-corrected chi connectivity index (χ0v) is 10.5. The lowest BCUT2D eigenvalue weighted by atomic mass is 10.2. The van der Waals surface area contributed by atoms with Gasteiger partial charge in [-0.1, -0.05) is 6.07 Å². The number of hydrogen-bond acceptors (Lipinski definition) is 6. The number of hydrazine groups is 1. The maximum atomic E-state index is 11.4. The Morgan fingerprint density at radius 3 is 3.00 bits per heavy atom. The third-order valence-corrected chi connectivity index (χ3v) is 2.64. The first-order valence-electron chi connectivity index (χ1n) is 5.74. The van der Waals surface area contributed by atoms with Crippen molar-refractivity contribution in [1.82, 2.24) is 5.43 Å². The van der Waals surface area contributed by atoms with Crippen molar-refractivity contribution in [3.8, 4) is 11.5 Å². The molecule has 1 aromatic carbocycles. The molecular weight excluding hydrogens is 252 g/mol. The average Bonchev–Trinajstić information content (AvgIpc) is 2.90. The maximum Gasteiger partial charge on any atom is 0.265 e. The van der Waals surface area contributed by atoms with E-state index < -0.39 is 12.0 Å². The molecule has 1 amide bonds. The first-order valence-corrected chi connectivity index (χ1v) is 5.74. The van der Waals surface area contributed by atoms with Crippen molar-refractivity contribution in [2.45, 2.75) is 12.7 Å². The first-order chi connectivity index (χ1) is 9.24. The van der Waals surface area contributed by atoms with Crippen molar-refractivity contribution in [3.63, 3.8) is 0 Å². The molecule has 2 rings (SSSR count). The number of rotatable bonds is 6. The minimum atomic E-state index is -0.750. The standard InChI is InChI=1S/C12H16N2O5/c1-16-6-11(12(15)14-13)17-5-8-2-3-9-10(4-8)19-7-18-9/h2-4,11H,5-7,13H2,1H3,(H,14,15). The highest BCUT2D eigenvalue weighted by Gasteiger charge is 2.19. The van der Waals surface area contributed by atoms with Gasteiger partial charge in [0.05, 0.1) is 13.2 Å². The van der Waals surface area contributed by atoms with Crippen LogP contribution in [0.2, 0.25) is 0 Å². The van der Waals surface area contributed by atoms with Crippen LogP contribution in [0, 0.1) is 0 Å². The Kier molecular flexibility index (Phi) is 4.56. The van der Waals surface area contributed by atoms with Gasteiger partial charge in [0.1, 0.15) is 0 Å². The minimum absolute atomic E-state index is 0.133. The number of carbonyl (C=O) groups excluding carboxylic acids is 1. The highest BCUT2D eigenvalue weighted by atomic mass is 16.7. The molecule has 0 radical (unpaired) electrons. The Bertz CT molecular complexity index is 452. The highest BCUT2D eigenvalue weighted by Crippen LogP contribution is 2.32. The van der Waals surface area contributed by atoms with Crippen LogP contribution in [0.15, 0.2) is 18.2 Å². The summed E-state index contributed by atoms with van der Waals surface area (Å²) in [5.74, 6) is 6.03. The first kappa shape index (κ1) is 13.6. The van der Waals surface area contributed by atoms with Gasteiger partial charge in [-0.3, -0.25) is 10.2 Å². The molecular formula is C12H16N2O5. The molecule has 1 unspecified atom stereocenters. The monoisotopic (exact) mass is 268 g/mol. The van der Waals surface area contributed by atoms with Crippen LogP contribution in [0.25, 0.3) is 0 Å². The molecule has 0 saturated carbocycles. The number of hydrogen-bond donors (Lipinski definition) is 2. The van der Waals surface area contributed by atoms with E-state index in [1.54, 1.807) is 6.07 Å². The summed E-state index contributed by atoms with van der Waals surface area (Å²) in [5, 5.41) is 0. The van der Waals surface area contributed by atoms with Crippen molar-refractivity contribution in [2.24, 2.45) is 5.84 Å². The van der Waals surface area contributed by atoms with Gasteiger partial charge >= 0.3 is 0 Å². The third kappa shape index (κ3) is 3.34. The van der Waals surface area contributed by atoms with Crippen LogP contribution in [0.5, 0.6) is 11.5 Å². The molecule has 104 valence electrons. The van der Waals surface area contributed by atoms with E-state index in [1.807, 2.05) is 17.6 Å². The largest absolute Gasteiger partial charge is 0.454 e. The van der Waals surface area contributed by atoms with Crippen molar-refractivity contribution in [2.75, 3.05) is 20.5 Å². The summed E-state index contributed by atoms with van der Waals surface area (Å²) in [6, 6.07) is 5.46. The summed E-state index contributed by atoms with van der Waals surface area (Å²) in [6.07, 6.45) is -0.750. The quantitative estimate of drug-likeness (QED) is 0.426. The molecule has 19 heavy (non-hydrogen) atoms. The van der Waals surface area contributed by atoms with Crippen LogP contribution in [0.1, 0.15) is 5.56 Å². The predicted octanol–water partition coefficient (Wildman–Crippen LogP) is -0.0632. The van der Waals surface area contributed by atoms with Crippen molar-refractivity contribution in [3.05, 3.63) is 23.8 Å². The van der Waals surface area contributed by atoms with Gasteiger partial charge in [-0.15, -0.1) is 0 Å². The summed E-state index contributed by atoms with van der Waals surface area (Å²) in [5.41, 5.74) is 2.91. The molecule has 0 saturated heterocycles. The van der Waals surface area contributed by atoms with Crippen LogP contribution in [-0.2, 0) is 20.9 Å². The number of carbonyl (C=O) groups is 1. The molecule has 1 aliphatic rings. The number of nitrogens with two attached hydrogens (primary N) is 1.